The van der Waals surface area contributed by atoms with Crippen molar-refractivity contribution < 1.29 is 20.1 Å². The Morgan fingerprint density at radius 1 is 1.25 bits per heavy atom. The van der Waals surface area contributed by atoms with E-state index in [4.69, 9.17) is 20.1 Å². The largest absolute Gasteiger partial charge is 0.394 e. The Balaban J connectivity index is 2.90. The fraction of sp³-hybridized carbons (Fsp3) is 1.00. The van der Waals surface area contributed by atoms with E-state index in [0.717, 1.165) is 0 Å². The van der Waals surface area contributed by atoms with Gasteiger partial charge in [-0.1, -0.05) is 0 Å². The average molecular weight is 179 g/mol. The monoisotopic (exact) mass is 179 g/mol. The lowest BCUT2D eigenvalue weighted by Crippen LogP contribution is -2.31. The first-order chi connectivity index (χ1) is 5.81. The lowest BCUT2D eigenvalue weighted by Gasteiger charge is -2.08. The SMILES string of the molecule is OCCOCCNC[C@H](O)CO. The molecular formula is C7H17NO4. The predicted molar refractivity (Wildman–Crippen MR) is 43.9 cm³/mol. The third-order valence-corrected chi connectivity index (χ3v) is 1.25. The number of hydrogen-bond acceptors (Lipinski definition) is 5. The highest BCUT2D eigenvalue weighted by Crippen LogP contribution is 1.76. The molecule has 0 spiro atoms. The van der Waals surface area contributed by atoms with Gasteiger partial charge in [0, 0.05) is 13.1 Å². The van der Waals surface area contributed by atoms with Gasteiger partial charge < -0.3 is 25.4 Å². The van der Waals surface area contributed by atoms with Gasteiger partial charge in [0.1, 0.15) is 0 Å². The van der Waals surface area contributed by atoms with Crippen LogP contribution >= 0.6 is 0 Å². The number of aliphatic hydroxyl groups is 3. The van der Waals surface area contributed by atoms with E-state index < -0.39 is 6.10 Å². The van der Waals surface area contributed by atoms with E-state index in [-0.39, 0.29) is 13.2 Å². The lowest BCUT2D eigenvalue weighted by molar-refractivity contribution is 0.0798. The number of hydrogen-bond donors (Lipinski definition) is 4. The van der Waals surface area contributed by atoms with Crippen LogP contribution in [0.5, 0.6) is 0 Å². The van der Waals surface area contributed by atoms with Gasteiger partial charge in [0.2, 0.25) is 0 Å². The second-order valence-electron chi connectivity index (χ2n) is 2.38. The van der Waals surface area contributed by atoms with Gasteiger partial charge in [-0.15, -0.1) is 0 Å². The van der Waals surface area contributed by atoms with Crippen molar-refractivity contribution in [1.29, 1.82) is 0 Å². The van der Waals surface area contributed by atoms with Crippen LogP contribution in [0.4, 0.5) is 0 Å². The van der Waals surface area contributed by atoms with Crippen LogP contribution in [-0.4, -0.2) is 60.9 Å². The van der Waals surface area contributed by atoms with E-state index in [2.05, 4.69) is 5.32 Å². The van der Waals surface area contributed by atoms with Gasteiger partial charge in [0.15, 0.2) is 0 Å². The Morgan fingerprint density at radius 3 is 2.58 bits per heavy atom. The van der Waals surface area contributed by atoms with Gasteiger partial charge in [-0.2, -0.15) is 0 Å². The minimum Gasteiger partial charge on any atom is -0.394 e. The summed E-state index contributed by atoms with van der Waals surface area (Å²) in [4.78, 5) is 0. The minimum atomic E-state index is -0.706. The molecule has 0 heterocycles. The quantitative estimate of drug-likeness (QED) is 0.322. The molecular weight excluding hydrogens is 162 g/mol. The topological polar surface area (TPSA) is 82.0 Å². The van der Waals surface area contributed by atoms with E-state index in [1.54, 1.807) is 0 Å². The van der Waals surface area contributed by atoms with Gasteiger partial charge >= 0.3 is 0 Å². The van der Waals surface area contributed by atoms with Gasteiger partial charge in [-0.3, -0.25) is 0 Å². The molecule has 0 aliphatic rings. The maximum Gasteiger partial charge on any atom is 0.0894 e. The molecule has 0 amide bonds. The Bertz CT molecular complexity index is 91.5. The molecule has 0 aliphatic heterocycles. The first-order valence-corrected chi connectivity index (χ1v) is 3.99. The molecule has 0 bridgehead atoms. The van der Waals surface area contributed by atoms with Crippen LogP contribution in [-0.2, 0) is 4.74 Å². The number of aliphatic hydroxyl groups excluding tert-OH is 3. The molecule has 74 valence electrons. The van der Waals surface area contributed by atoms with Crippen LogP contribution in [0.1, 0.15) is 0 Å². The highest BCUT2D eigenvalue weighted by molar-refractivity contribution is 4.56. The number of nitrogens with one attached hydrogen (secondary N) is 1. The normalized spacial score (nSPS) is 13.2. The lowest BCUT2D eigenvalue weighted by atomic mass is 10.4. The van der Waals surface area contributed by atoms with Crippen LogP contribution in [0.2, 0.25) is 0 Å². The summed E-state index contributed by atoms with van der Waals surface area (Å²) in [7, 11) is 0. The average Bonchev–Trinajstić information content (AvgIpc) is 2.10. The Hall–Kier alpha value is -0.200. The molecule has 0 saturated heterocycles. The first kappa shape index (κ1) is 11.8. The van der Waals surface area contributed by atoms with Crippen molar-refractivity contribution in [1.82, 2.24) is 5.32 Å². The third kappa shape index (κ3) is 7.90. The molecule has 4 N–H and O–H groups in total. The Kier molecular flexibility index (Phi) is 8.74. The fourth-order valence-corrected chi connectivity index (χ4v) is 0.644. The highest BCUT2D eigenvalue weighted by atomic mass is 16.5. The molecule has 5 nitrogen and oxygen atoms in total. The first-order valence-electron chi connectivity index (χ1n) is 3.99. The zero-order valence-electron chi connectivity index (χ0n) is 7.07. The van der Waals surface area contributed by atoms with Crippen LogP contribution < -0.4 is 5.32 Å². The summed E-state index contributed by atoms with van der Waals surface area (Å²) < 4.78 is 4.94. The van der Waals surface area contributed by atoms with Gasteiger partial charge in [0.25, 0.3) is 0 Å². The minimum absolute atomic E-state index is 0.0270. The van der Waals surface area contributed by atoms with E-state index in [1.165, 1.54) is 0 Å². The van der Waals surface area contributed by atoms with E-state index >= 15 is 0 Å². The zero-order chi connectivity index (χ0) is 9.23. The molecule has 0 saturated carbocycles. The summed E-state index contributed by atoms with van der Waals surface area (Å²) in [5.74, 6) is 0. The molecule has 0 aromatic carbocycles. The molecule has 0 aromatic rings. The standard InChI is InChI=1S/C7H17NO4/c9-2-4-12-3-1-8-5-7(11)6-10/h7-11H,1-6H2/t7-/m0/s1. The summed E-state index contributed by atoms with van der Waals surface area (Å²) in [6.07, 6.45) is -0.706. The van der Waals surface area contributed by atoms with Crippen molar-refractivity contribution in [3.63, 3.8) is 0 Å². The molecule has 0 unspecified atom stereocenters. The Morgan fingerprint density at radius 2 is 2.00 bits per heavy atom. The summed E-state index contributed by atoms with van der Waals surface area (Å²) in [6, 6.07) is 0. The van der Waals surface area contributed by atoms with Gasteiger partial charge in [0.05, 0.1) is 32.5 Å². The number of ether oxygens (including phenoxy) is 1. The highest BCUT2D eigenvalue weighted by Gasteiger charge is 1.98. The van der Waals surface area contributed by atoms with Crippen molar-refractivity contribution in [2.45, 2.75) is 6.10 Å². The molecule has 0 aromatic heterocycles. The summed E-state index contributed by atoms with van der Waals surface area (Å²) >= 11 is 0. The van der Waals surface area contributed by atoms with E-state index in [9.17, 15) is 0 Å². The predicted octanol–water partition coefficient (Wildman–Crippen LogP) is -2.06. The van der Waals surface area contributed by atoms with Crippen LogP contribution in [0.3, 0.4) is 0 Å². The fourth-order valence-electron chi connectivity index (χ4n) is 0.644. The maximum atomic E-state index is 8.87. The van der Waals surface area contributed by atoms with Crippen molar-refractivity contribution in [2.24, 2.45) is 0 Å². The third-order valence-electron chi connectivity index (χ3n) is 1.25. The molecule has 0 aliphatic carbocycles. The second-order valence-corrected chi connectivity index (χ2v) is 2.38. The Labute approximate surface area is 72.0 Å². The number of rotatable bonds is 8. The van der Waals surface area contributed by atoms with Crippen molar-refractivity contribution in [2.75, 3.05) is 39.5 Å². The van der Waals surface area contributed by atoms with Crippen LogP contribution in [0.25, 0.3) is 0 Å². The molecule has 0 radical (unpaired) electrons. The molecule has 1 atom stereocenters. The van der Waals surface area contributed by atoms with Crippen LogP contribution in [0, 0.1) is 0 Å². The smallest absolute Gasteiger partial charge is 0.0894 e. The van der Waals surface area contributed by atoms with Crippen LogP contribution in [0.15, 0.2) is 0 Å². The second kappa shape index (κ2) is 8.89. The summed E-state index contributed by atoms with van der Waals surface area (Å²) in [5, 5.41) is 28.5. The molecule has 12 heavy (non-hydrogen) atoms. The van der Waals surface area contributed by atoms with Crippen molar-refractivity contribution in [3.8, 4) is 0 Å². The van der Waals surface area contributed by atoms with E-state index in [1.807, 2.05) is 0 Å². The van der Waals surface area contributed by atoms with Gasteiger partial charge in [-0.05, 0) is 0 Å². The van der Waals surface area contributed by atoms with Gasteiger partial charge in [-0.25, -0.2) is 0 Å². The van der Waals surface area contributed by atoms with Crippen molar-refractivity contribution >= 4 is 0 Å². The molecule has 5 heteroatoms. The zero-order valence-corrected chi connectivity index (χ0v) is 7.07. The summed E-state index contributed by atoms with van der Waals surface area (Å²) in [5.41, 5.74) is 0. The molecule has 0 fully saturated rings. The maximum absolute atomic E-state index is 8.87. The summed E-state index contributed by atoms with van der Waals surface area (Å²) in [6.45, 7) is 1.60. The van der Waals surface area contributed by atoms with Crippen molar-refractivity contribution in [3.05, 3.63) is 0 Å². The molecule has 0 rings (SSSR count). The van der Waals surface area contributed by atoms with E-state index in [0.29, 0.717) is 26.3 Å².